The molecule has 0 radical (unpaired) electrons. The third-order valence-electron chi connectivity index (χ3n) is 2.82. The van der Waals surface area contributed by atoms with Crippen LogP contribution in [-0.2, 0) is 10.0 Å². The normalized spacial score (nSPS) is 12.9. The molecule has 0 amide bonds. The van der Waals surface area contributed by atoms with Crippen molar-refractivity contribution in [1.29, 1.82) is 0 Å². The molecule has 1 aromatic rings. The van der Waals surface area contributed by atoms with Crippen LogP contribution in [-0.4, -0.2) is 36.3 Å². The summed E-state index contributed by atoms with van der Waals surface area (Å²) in [7, 11) is -3.54. The van der Waals surface area contributed by atoms with Crippen LogP contribution in [0.4, 0.5) is 0 Å². The predicted molar refractivity (Wildman–Crippen MR) is 71.6 cm³/mol. The highest BCUT2D eigenvalue weighted by molar-refractivity contribution is 7.89. The summed E-state index contributed by atoms with van der Waals surface area (Å²) in [4.78, 5) is 4.07. The predicted octanol–water partition coefficient (Wildman–Crippen LogP) is 1.22. The van der Waals surface area contributed by atoms with Gasteiger partial charge in [0.05, 0.1) is 0 Å². The summed E-state index contributed by atoms with van der Waals surface area (Å²) in [6.07, 6.45) is 3.66. The minimum absolute atomic E-state index is 0.208. The van der Waals surface area contributed by atoms with Crippen LogP contribution >= 0.6 is 0 Å². The van der Waals surface area contributed by atoms with Gasteiger partial charge in [-0.25, -0.2) is 8.42 Å². The number of nitrogens with zero attached hydrogens (tertiary/aromatic N) is 2. The van der Waals surface area contributed by atoms with E-state index in [9.17, 15) is 8.42 Å². The first-order chi connectivity index (χ1) is 8.36. The molecule has 6 heteroatoms. The summed E-state index contributed by atoms with van der Waals surface area (Å²) in [5, 5.41) is 0. The largest absolute Gasteiger partial charge is 0.329 e. The SMILES string of the molecule is CCCN(C(C)(C)CN)S(=O)(=O)c1cccnc1. The van der Waals surface area contributed by atoms with E-state index in [0.717, 1.165) is 6.42 Å². The molecule has 0 spiro atoms. The van der Waals surface area contributed by atoms with E-state index in [2.05, 4.69) is 4.98 Å². The number of hydrogen-bond acceptors (Lipinski definition) is 4. The third-order valence-corrected chi connectivity index (χ3v) is 4.92. The van der Waals surface area contributed by atoms with Gasteiger partial charge in [0.2, 0.25) is 10.0 Å². The Bertz CT molecular complexity index is 471. The minimum Gasteiger partial charge on any atom is -0.329 e. The van der Waals surface area contributed by atoms with E-state index in [1.807, 2.05) is 20.8 Å². The molecule has 0 saturated heterocycles. The zero-order valence-corrected chi connectivity index (χ0v) is 11.9. The zero-order chi connectivity index (χ0) is 13.8. The standard InChI is InChI=1S/C12H21N3O2S/c1-4-8-15(12(2,3)10-13)18(16,17)11-6-5-7-14-9-11/h5-7,9H,4,8,10,13H2,1-3H3. The highest BCUT2D eigenvalue weighted by atomic mass is 32.2. The second-order valence-corrected chi connectivity index (χ2v) is 6.64. The van der Waals surface area contributed by atoms with Crippen molar-refractivity contribution in [2.75, 3.05) is 13.1 Å². The Balaban J connectivity index is 3.22. The topological polar surface area (TPSA) is 76.3 Å². The van der Waals surface area contributed by atoms with Gasteiger partial charge in [-0.15, -0.1) is 0 Å². The average Bonchev–Trinajstić information content (AvgIpc) is 2.36. The monoisotopic (exact) mass is 271 g/mol. The van der Waals surface area contributed by atoms with Gasteiger partial charge in [-0.05, 0) is 32.4 Å². The lowest BCUT2D eigenvalue weighted by Crippen LogP contribution is -2.52. The molecular weight excluding hydrogens is 250 g/mol. The van der Waals surface area contributed by atoms with Gasteiger partial charge in [-0.2, -0.15) is 4.31 Å². The molecule has 5 nitrogen and oxygen atoms in total. The summed E-state index contributed by atoms with van der Waals surface area (Å²) >= 11 is 0. The summed E-state index contributed by atoms with van der Waals surface area (Å²) in [5.41, 5.74) is 5.08. The molecule has 0 atom stereocenters. The van der Waals surface area contributed by atoms with Crippen molar-refractivity contribution in [2.45, 2.75) is 37.6 Å². The number of pyridine rings is 1. The first kappa shape index (κ1) is 15.1. The second kappa shape index (κ2) is 5.77. The highest BCUT2D eigenvalue weighted by Gasteiger charge is 2.35. The average molecular weight is 271 g/mol. The van der Waals surface area contributed by atoms with Gasteiger partial charge in [-0.3, -0.25) is 4.98 Å². The molecule has 1 aromatic heterocycles. The van der Waals surface area contributed by atoms with Crippen LogP contribution in [0.1, 0.15) is 27.2 Å². The van der Waals surface area contributed by atoms with Crippen LogP contribution in [0.2, 0.25) is 0 Å². The maximum absolute atomic E-state index is 12.6. The van der Waals surface area contributed by atoms with Crippen LogP contribution in [0.3, 0.4) is 0 Å². The lowest BCUT2D eigenvalue weighted by Gasteiger charge is -2.36. The fourth-order valence-corrected chi connectivity index (χ4v) is 3.53. The van der Waals surface area contributed by atoms with Crippen LogP contribution in [0, 0.1) is 0 Å². The Morgan fingerprint density at radius 3 is 2.56 bits per heavy atom. The highest BCUT2D eigenvalue weighted by Crippen LogP contribution is 2.23. The lowest BCUT2D eigenvalue weighted by atomic mass is 10.1. The van der Waals surface area contributed by atoms with Crippen LogP contribution in [0.5, 0.6) is 0 Å². The Morgan fingerprint density at radius 2 is 2.11 bits per heavy atom. The fraction of sp³-hybridized carbons (Fsp3) is 0.583. The quantitative estimate of drug-likeness (QED) is 0.844. The van der Waals surface area contributed by atoms with Gasteiger partial charge < -0.3 is 5.73 Å². The molecule has 1 rings (SSSR count). The Labute approximate surface area is 109 Å². The second-order valence-electron chi connectivity index (χ2n) is 4.78. The van der Waals surface area contributed by atoms with Crippen LogP contribution in [0.25, 0.3) is 0 Å². The molecule has 102 valence electrons. The van der Waals surface area contributed by atoms with Gasteiger partial charge in [0.25, 0.3) is 0 Å². The molecule has 0 aliphatic heterocycles. The Morgan fingerprint density at radius 1 is 1.44 bits per heavy atom. The van der Waals surface area contributed by atoms with Crippen molar-refractivity contribution in [3.63, 3.8) is 0 Å². The molecule has 18 heavy (non-hydrogen) atoms. The van der Waals surface area contributed by atoms with E-state index in [-0.39, 0.29) is 11.4 Å². The van der Waals surface area contributed by atoms with Crippen molar-refractivity contribution in [3.8, 4) is 0 Å². The number of nitrogens with two attached hydrogens (primary N) is 1. The first-order valence-corrected chi connectivity index (χ1v) is 7.43. The molecule has 2 N–H and O–H groups in total. The molecule has 0 fully saturated rings. The summed E-state index contributed by atoms with van der Waals surface area (Å²) in [5.74, 6) is 0. The molecule has 0 aliphatic carbocycles. The van der Waals surface area contributed by atoms with E-state index in [1.54, 1.807) is 18.3 Å². The number of sulfonamides is 1. The van der Waals surface area contributed by atoms with Crippen molar-refractivity contribution in [1.82, 2.24) is 9.29 Å². The molecular formula is C12H21N3O2S. The molecule has 0 bridgehead atoms. The number of hydrogen-bond donors (Lipinski definition) is 1. The Hall–Kier alpha value is -0.980. The molecule has 0 unspecified atom stereocenters. The van der Waals surface area contributed by atoms with E-state index < -0.39 is 15.6 Å². The summed E-state index contributed by atoms with van der Waals surface area (Å²) in [6, 6.07) is 3.17. The van der Waals surface area contributed by atoms with E-state index >= 15 is 0 Å². The van der Waals surface area contributed by atoms with Crippen molar-refractivity contribution in [3.05, 3.63) is 24.5 Å². The van der Waals surface area contributed by atoms with E-state index in [4.69, 9.17) is 5.73 Å². The number of aromatic nitrogens is 1. The summed E-state index contributed by atoms with van der Waals surface area (Å²) < 4.78 is 26.6. The third kappa shape index (κ3) is 3.07. The smallest absolute Gasteiger partial charge is 0.245 e. The van der Waals surface area contributed by atoms with Crippen LogP contribution < -0.4 is 5.73 Å². The van der Waals surface area contributed by atoms with Gasteiger partial charge in [-0.1, -0.05) is 6.92 Å². The molecule has 0 aromatic carbocycles. The fourth-order valence-electron chi connectivity index (χ4n) is 1.68. The van der Waals surface area contributed by atoms with Gasteiger partial charge in [0.15, 0.2) is 0 Å². The molecule has 0 aliphatic rings. The van der Waals surface area contributed by atoms with Gasteiger partial charge in [0.1, 0.15) is 4.90 Å². The zero-order valence-electron chi connectivity index (χ0n) is 11.1. The Kier molecular flexibility index (Phi) is 4.84. The van der Waals surface area contributed by atoms with E-state index in [1.165, 1.54) is 10.5 Å². The van der Waals surface area contributed by atoms with E-state index in [0.29, 0.717) is 6.54 Å². The van der Waals surface area contributed by atoms with Crippen LogP contribution in [0.15, 0.2) is 29.4 Å². The maximum Gasteiger partial charge on any atom is 0.245 e. The van der Waals surface area contributed by atoms with Gasteiger partial charge >= 0.3 is 0 Å². The minimum atomic E-state index is -3.54. The van der Waals surface area contributed by atoms with Crippen molar-refractivity contribution in [2.24, 2.45) is 5.73 Å². The molecule has 0 saturated carbocycles. The molecule has 1 heterocycles. The van der Waals surface area contributed by atoms with Crippen molar-refractivity contribution >= 4 is 10.0 Å². The number of rotatable bonds is 6. The lowest BCUT2D eigenvalue weighted by molar-refractivity contribution is 0.235. The van der Waals surface area contributed by atoms with Crippen molar-refractivity contribution < 1.29 is 8.42 Å². The van der Waals surface area contributed by atoms with Gasteiger partial charge in [0, 0.05) is 31.0 Å². The first-order valence-electron chi connectivity index (χ1n) is 5.99. The maximum atomic E-state index is 12.6. The summed E-state index contributed by atoms with van der Waals surface area (Å²) in [6.45, 7) is 6.32.